The van der Waals surface area contributed by atoms with E-state index in [1.165, 1.54) is 6.07 Å². The summed E-state index contributed by atoms with van der Waals surface area (Å²) in [5.74, 6) is -0.354. The van der Waals surface area contributed by atoms with Crippen LogP contribution in [0, 0.1) is 0 Å². The van der Waals surface area contributed by atoms with Crippen LogP contribution < -0.4 is 5.73 Å². The fraction of sp³-hybridized carbons (Fsp3) is 0.500. The van der Waals surface area contributed by atoms with Crippen molar-refractivity contribution in [3.63, 3.8) is 0 Å². The number of nitrogens with two attached hydrogens (primary N) is 1. The van der Waals surface area contributed by atoms with Crippen LogP contribution >= 0.6 is 23.2 Å². The van der Waals surface area contributed by atoms with Crippen molar-refractivity contribution in [1.82, 2.24) is 4.90 Å². The van der Waals surface area contributed by atoms with Gasteiger partial charge in [0.2, 0.25) is 5.91 Å². The fourth-order valence-electron chi connectivity index (χ4n) is 2.74. The van der Waals surface area contributed by atoms with E-state index in [4.69, 9.17) is 28.9 Å². The van der Waals surface area contributed by atoms with Crippen LogP contribution in [0.4, 0.5) is 0 Å². The molecule has 3 N–H and O–H groups in total. The number of phenolic OH excluding ortho intramolecular Hbond substituents is 1. The summed E-state index contributed by atoms with van der Waals surface area (Å²) in [7, 11) is 0. The molecule has 0 radical (unpaired) electrons. The topological polar surface area (TPSA) is 66.6 Å². The van der Waals surface area contributed by atoms with Gasteiger partial charge in [0.05, 0.1) is 11.6 Å². The molecule has 1 fully saturated rings. The number of aromatic hydroxyl groups is 1. The van der Waals surface area contributed by atoms with Gasteiger partial charge < -0.3 is 10.8 Å². The number of hydrogen-bond donors (Lipinski definition) is 2. The number of phenols is 1. The van der Waals surface area contributed by atoms with E-state index in [1.54, 1.807) is 6.07 Å². The maximum absolute atomic E-state index is 11.2. The van der Waals surface area contributed by atoms with Gasteiger partial charge >= 0.3 is 0 Å². The third kappa shape index (κ3) is 3.78. The van der Waals surface area contributed by atoms with E-state index in [0.717, 1.165) is 25.7 Å². The molecule has 4 nitrogen and oxygen atoms in total. The minimum absolute atomic E-state index is 0.0172. The predicted molar refractivity (Wildman–Crippen MR) is 80.0 cm³/mol. The molecule has 20 heavy (non-hydrogen) atoms. The first-order valence-corrected chi connectivity index (χ1v) is 7.42. The van der Waals surface area contributed by atoms with Crippen LogP contribution in [-0.2, 0) is 11.3 Å². The van der Waals surface area contributed by atoms with Gasteiger partial charge in [0.1, 0.15) is 5.75 Å². The lowest BCUT2D eigenvalue weighted by Gasteiger charge is -2.28. The Balaban J connectivity index is 2.20. The van der Waals surface area contributed by atoms with E-state index >= 15 is 0 Å². The van der Waals surface area contributed by atoms with Crippen molar-refractivity contribution in [2.24, 2.45) is 5.73 Å². The van der Waals surface area contributed by atoms with Gasteiger partial charge in [-0.2, -0.15) is 0 Å². The quantitative estimate of drug-likeness (QED) is 0.877. The maximum atomic E-state index is 11.2. The van der Waals surface area contributed by atoms with E-state index in [9.17, 15) is 9.90 Å². The minimum Gasteiger partial charge on any atom is -0.506 e. The van der Waals surface area contributed by atoms with Crippen molar-refractivity contribution in [3.8, 4) is 5.75 Å². The molecule has 1 aliphatic rings. The third-order valence-corrected chi connectivity index (χ3v) is 4.19. The highest BCUT2D eigenvalue weighted by molar-refractivity contribution is 6.35. The van der Waals surface area contributed by atoms with Gasteiger partial charge in [0.25, 0.3) is 0 Å². The Morgan fingerprint density at radius 1 is 1.35 bits per heavy atom. The molecule has 1 aromatic carbocycles. The number of hydrogen-bond acceptors (Lipinski definition) is 3. The molecule has 0 atom stereocenters. The first-order valence-electron chi connectivity index (χ1n) is 6.66. The molecule has 110 valence electrons. The molecule has 1 aromatic rings. The fourth-order valence-corrected chi connectivity index (χ4v) is 3.28. The standard InChI is InChI=1S/C14H18Cl2N2O2/c15-10-5-9(14(20)12(16)6-10)7-18(8-13(17)19)11-3-1-2-4-11/h5-6,11,20H,1-4,7-8H2,(H2,17,19). The summed E-state index contributed by atoms with van der Waals surface area (Å²) in [5, 5.41) is 10.7. The molecule has 1 aliphatic carbocycles. The predicted octanol–water partition coefficient (Wildman–Crippen LogP) is 2.93. The Morgan fingerprint density at radius 2 is 2.00 bits per heavy atom. The molecule has 0 saturated heterocycles. The van der Waals surface area contributed by atoms with Gasteiger partial charge in [-0.05, 0) is 25.0 Å². The number of carbonyl (C=O) groups excluding carboxylic acids is 1. The lowest BCUT2D eigenvalue weighted by molar-refractivity contribution is -0.119. The highest BCUT2D eigenvalue weighted by atomic mass is 35.5. The summed E-state index contributed by atoms with van der Waals surface area (Å²) >= 11 is 11.9. The van der Waals surface area contributed by atoms with Crippen LogP contribution in [-0.4, -0.2) is 28.5 Å². The Labute approximate surface area is 128 Å². The highest BCUT2D eigenvalue weighted by Gasteiger charge is 2.25. The molecule has 6 heteroatoms. The molecule has 1 saturated carbocycles. The number of rotatable bonds is 5. The van der Waals surface area contributed by atoms with Crippen LogP contribution in [0.2, 0.25) is 10.0 Å². The summed E-state index contributed by atoms with van der Waals surface area (Å²) in [6, 6.07) is 3.49. The normalized spacial score (nSPS) is 15.9. The number of amides is 1. The van der Waals surface area contributed by atoms with Crippen molar-refractivity contribution in [1.29, 1.82) is 0 Å². The Bertz CT molecular complexity index is 502. The third-order valence-electron chi connectivity index (χ3n) is 3.68. The molecule has 1 amide bonds. The highest BCUT2D eigenvalue weighted by Crippen LogP contribution is 2.33. The zero-order valence-corrected chi connectivity index (χ0v) is 12.6. The van der Waals surface area contributed by atoms with E-state index in [1.807, 2.05) is 4.90 Å². The first kappa shape index (κ1) is 15.4. The van der Waals surface area contributed by atoms with Crippen LogP contribution in [0.5, 0.6) is 5.75 Å². The number of benzene rings is 1. The summed E-state index contributed by atoms with van der Waals surface area (Å²) in [5.41, 5.74) is 5.94. The molecule has 0 aliphatic heterocycles. The number of halogens is 2. The average molecular weight is 317 g/mol. The molecular formula is C14H18Cl2N2O2. The molecule has 0 heterocycles. The Morgan fingerprint density at radius 3 is 2.60 bits per heavy atom. The second-order valence-corrected chi connectivity index (χ2v) is 6.05. The van der Waals surface area contributed by atoms with Crippen molar-refractivity contribution >= 4 is 29.1 Å². The molecular weight excluding hydrogens is 299 g/mol. The van der Waals surface area contributed by atoms with Crippen molar-refractivity contribution in [2.75, 3.05) is 6.54 Å². The maximum Gasteiger partial charge on any atom is 0.231 e. The van der Waals surface area contributed by atoms with Crippen molar-refractivity contribution in [3.05, 3.63) is 27.7 Å². The first-order chi connectivity index (χ1) is 9.47. The SMILES string of the molecule is NC(=O)CN(Cc1cc(Cl)cc(Cl)c1O)C1CCCC1. The van der Waals surface area contributed by atoms with Crippen molar-refractivity contribution < 1.29 is 9.90 Å². The number of primary amides is 1. The van der Waals surface area contributed by atoms with Crippen LogP contribution in [0.25, 0.3) is 0 Å². The van der Waals surface area contributed by atoms with Gasteiger partial charge in [-0.1, -0.05) is 36.0 Å². The molecule has 0 unspecified atom stereocenters. The molecule has 2 rings (SSSR count). The lowest BCUT2D eigenvalue weighted by Crippen LogP contribution is -2.39. The zero-order chi connectivity index (χ0) is 14.7. The summed E-state index contributed by atoms with van der Waals surface area (Å²) < 4.78 is 0. The van der Waals surface area contributed by atoms with Gasteiger partial charge in [-0.25, -0.2) is 0 Å². The number of carbonyl (C=O) groups is 1. The molecule has 0 bridgehead atoms. The van der Waals surface area contributed by atoms with E-state index in [-0.39, 0.29) is 23.2 Å². The van der Waals surface area contributed by atoms with Gasteiger partial charge in [0, 0.05) is 23.2 Å². The van der Waals surface area contributed by atoms with Gasteiger partial charge in [-0.3, -0.25) is 9.69 Å². The number of nitrogens with zero attached hydrogens (tertiary/aromatic N) is 1. The van der Waals surface area contributed by atoms with Crippen LogP contribution in [0.15, 0.2) is 12.1 Å². The second kappa shape index (κ2) is 6.66. The van der Waals surface area contributed by atoms with Crippen LogP contribution in [0.3, 0.4) is 0 Å². The largest absolute Gasteiger partial charge is 0.506 e. The Kier molecular flexibility index (Phi) is 5.13. The summed E-state index contributed by atoms with van der Waals surface area (Å²) in [6.07, 6.45) is 4.40. The lowest BCUT2D eigenvalue weighted by atomic mass is 10.1. The van der Waals surface area contributed by atoms with Crippen molar-refractivity contribution in [2.45, 2.75) is 38.3 Å². The van der Waals surface area contributed by atoms with Crippen LogP contribution in [0.1, 0.15) is 31.2 Å². The second-order valence-electron chi connectivity index (χ2n) is 5.20. The molecule has 0 aromatic heterocycles. The van der Waals surface area contributed by atoms with Gasteiger partial charge in [0.15, 0.2) is 0 Å². The average Bonchev–Trinajstić information content (AvgIpc) is 2.87. The monoisotopic (exact) mass is 316 g/mol. The Hall–Kier alpha value is -0.970. The molecule has 0 spiro atoms. The van der Waals surface area contributed by atoms with Gasteiger partial charge in [-0.15, -0.1) is 0 Å². The summed E-state index contributed by atoms with van der Waals surface area (Å²) in [4.78, 5) is 13.2. The van der Waals surface area contributed by atoms with E-state index in [2.05, 4.69) is 0 Å². The smallest absolute Gasteiger partial charge is 0.231 e. The van der Waals surface area contributed by atoms with E-state index < -0.39 is 0 Å². The summed E-state index contributed by atoms with van der Waals surface area (Å²) in [6.45, 7) is 0.591. The van der Waals surface area contributed by atoms with E-state index in [0.29, 0.717) is 23.2 Å². The zero-order valence-electron chi connectivity index (χ0n) is 11.1. The minimum atomic E-state index is -0.371.